The van der Waals surface area contributed by atoms with E-state index in [0.717, 1.165) is 12.8 Å². The van der Waals surface area contributed by atoms with E-state index in [9.17, 15) is 13.2 Å². The average molecular weight is 272 g/mol. The molecule has 1 saturated heterocycles. The molecule has 1 aliphatic heterocycles. The quantitative estimate of drug-likeness (QED) is 0.915. The number of hydrogen-bond donors (Lipinski definition) is 1. The van der Waals surface area contributed by atoms with Crippen LogP contribution >= 0.6 is 0 Å². The van der Waals surface area contributed by atoms with Crippen LogP contribution in [0.5, 0.6) is 0 Å². The van der Waals surface area contributed by atoms with Crippen LogP contribution in [0.15, 0.2) is 18.2 Å². The molecule has 1 aromatic carbocycles. The number of anilines is 1. The highest BCUT2D eigenvalue weighted by atomic mass is 19.4. The molecular weight excluding hydrogens is 253 g/mol. The average Bonchev–Trinajstić information content (AvgIpc) is 2.75. The van der Waals surface area contributed by atoms with E-state index in [1.165, 1.54) is 6.07 Å². The number of benzene rings is 1. The van der Waals surface area contributed by atoms with E-state index in [2.05, 4.69) is 0 Å². The van der Waals surface area contributed by atoms with E-state index in [4.69, 9.17) is 5.73 Å². The van der Waals surface area contributed by atoms with Gasteiger partial charge in [0.05, 0.1) is 5.56 Å². The fourth-order valence-corrected chi connectivity index (χ4v) is 2.67. The van der Waals surface area contributed by atoms with Gasteiger partial charge in [-0.15, -0.1) is 0 Å². The number of alkyl halides is 3. The first-order valence-electron chi connectivity index (χ1n) is 6.60. The molecule has 1 heterocycles. The van der Waals surface area contributed by atoms with Gasteiger partial charge >= 0.3 is 6.18 Å². The second kappa shape index (κ2) is 5.41. The maximum absolute atomic E-state index is 13.2. The minimum Gasteiger partial charge on any atom is -0.368 e. The molecule has 106 valence electrons. The maximum atomic E-state index is 13.2. The third kappa shape index (κ3) is 3.03. The molecular formula is C14H19F3N2. The van der Waals surface area contributed by atoms with Gasteiger partial charge in [-0.3, -0.25) is 0 Å². The summed E-state index contributed by atoms with van der Waals surface area (Å²) >= 11 is 0. The maximum Gasteiger partial charge on any atom is 0.418 e. The van der Waals surface area contributed by atoms with Crippen LogP contribution < -0.4 is 10.6 Å². The zero-order chi connectivity index (χ0) is 14.0. The summed E-state index contributed by atoms with van der Waals surface area (Å²) in [6, 6.07) is 4.76. The van der Waals surface area contributed by atoms with E-state index in [-0.39, 0.29) is 6.04 Å². The van der Waals surface area contributed by atoms with Gasteiger partial charge < -0.3 is 10.6 Å². The Morgan fingerprint density at radius 2 is 2.11 bits per heavy atom. The van der Waals surface area contributed by atoms with Crippen LogP contribution in [-0.2, 0) is 12.6 Å². The van der Waals surface area contributed by atoms with Crippen molar-refractivity contribution in [2.45, 2.75) is 38.4 Å². The van der Waals surface area contributed by atoms with Gasteiger partial charge in [-0.25, -0.2) is 0 Å². The molecule has 2 rings (SSSR count). The summed E-state index contributed by atoms with van der Waals surface area (Å²) in [6.45, 7) is 3.03. The van der Waals surface area contributed by atoms with Crippen molar-refractivity contribution >= 4 is 5.69 Å². The molecule has 0 amide bonds. The highest BCUT2D eigenvalue weighted by Gasteiger charge is 2.36. The molecule has 19 heavy (non-hydrogen) atoms. The molecule has 1 atom stereocenters. The van der Waals surface area contributed by atoms with Gasteiger partial charge in [0.15, 0.2) is 0 Å². The summed E-state index contributed by atoms with van der Waals surface area (Å²) in [5.41, 5.74) is 5.82. The summed E-state index contributed by atoms with van der Waals surface area (Å²) in [7, 11) is 0. The van der Waals surface area contributed by atoms with Crippen molar-refractivity contribution in [3.63, 3.8) is 0 Å². The molecule has 0 bridgehead atoms. The summed E-state index contributed by atoms with van der Waals surface area (Å²) in [6.07, 6.45) is -1.95. The number of rotatable bonds is 3. The van der Waals surface area contributed by atoms with Gasteiger partial charge in [-0.2, -0.15) is 13.2 Å². The summed E-state index contributed by atoms with van der Waals surface area (Å²) in [5, 5.41) is 0. The molecule has 5 heteroatoms. The smallest absolute Gasteiger partial charge is 0.368 e. The minimum absolute atomic E-state index is 0.168. The fourth-order valence-electron chi connectivity index (χ4n) is 2.67. The lowest BCUT2D eigenvalue weighted by atomic mass is 10.0. The molecule has 0 radical (unpaired) electrons. The molecule has 1 aliphatic rings. The van der Waals surface area contributed by atoms with Crippen LogP contribution in [0.3, 0.4) is 0 Å². The van der Waals surface area contributed by atoms with Crippen molar-refractivity contribution < 1.29 is 13.2 Å². The predicted molar refractivity (Wildman–Crippen MR) is 70.2 cm³/mol. The molecule has 1 fully saturated rings. The molecule has 2 nitrogen and oxygen atoms in total. The van der Waals surface area contributed by atoms with Crippen LogP contribution in [0, 0.1) is 0 Å². The topological polar surface area (TPSA) is 29.3 Å². The van der Waals surface area contributed by atoms with Crippen LogP contribution in [0.2, 0.25) is 0 Å². The molecule has 0 aromatic heterocycles. The number of nitrogens with zero attached hydrogens (tertiary/aromatic N) is 1. The van der Waals surface area contributed by atoms with Crippen molar-refractivity contribution in [3.05, 3.63) is 29.3 Å². The predicted octanol–water partition coefficient (Wildman–Crippen LogP) is 3.20. The van der Waals surface area contributed by atoms with E-state index < -0.39 is 11.7 Å². The molecule has 0 spiro atoms. The molecule has 1 unspecified atom stereocenters. The Kier molecular flexibility index (Phi) is 4.04. The van der Waals surface area contributed by atoms with Crippen molar-refractivity contribution in [1.29, 1.82) is 0 Å². The van der Waals surface area contributed by atoms with E-state index in [0.29, 0.717) is 30.8 Å². The molecule has 2 N–H and O–H groups in total. The van der Waals surface area contributed by atoms with Gasteiger partial charge in [-0.05, 0) is 50.4 Å². The summed E-state index contributed by atoms with van der Waals surface area (Å²) in [5.74, 6) is 0. The lowest BCUT2D eigenvalue weighted by molar-refractivity contribution is -0.137. The number of hydrogen-bond acceptors (Lipinski definition) is 2. The van der Waals surface area contributed by atoms with E-state index in [1.807, 2.05) is 11.8 Å². The third-order valence-corrected chi connectivity index (χ3v) is 3.66. The Morgan fingerprint density at radius 1 is 1.37 bits per heavy atom. The van der Waals surface area contributed by atoms with Crippen molar-refractivity contribution in [2.24, 2.45) is 5.73 Å². The van der Waals surface area contributed by atoms with Crippen LogP contribution in [-0.4, -0.2) is 19.1 Å². The first-order chi connectivity index (χ1) is 8.93. The molecule has 0 saturated carbocycles. The Bertz CT molecular complexity index is 443. The van der Waals surface area contributed by atoms with Crippen LogP contribution in [0.25, 0.3) is 0 Å². The molecule has 1 aromatic rings. The second-order valence-electron chi connectivity index (χ2n) is 5.07. The van der Waals surface area contributed by atoms with Crippen molar-refractivity contribution in [3.8, 4) is 0 Å². The highest BCUT2D eigenvalue weighted by Crippen LogP contribution is 2.39. The van der Waals surface area contributed by atoms with Gasteiger partial charge in [0.1, 0.15) is 0 Å². The zero-order valence-corrected chi connectivity index (χ0v) is 11.0. The first-order valence-corrected chi connectivity index (χ1v) is 6.60. The van der Waals surface area contributed by atoms with Crippen LogP contribution in [0.4, 0.5) is 18.9 Å². The van der Waals surface area contributed by atoms with Gasteiger partial charge in [-0.1, -0.05) is 6.07 Å². The SMILES string of the molecule is CC1CCCN1c1ccc(CCN)cc1C(F)(F)F. The van der Waals surface area contributed by atoms with Gasteiger partial charge in [0.2, 0.25) is 0 Å². The Morgan fingerprint density at radius 3 is 2.63 bits per heavy atom. The Balaban J connectivity index is 2.42. The summed E-state index contributed by atoms with van der Waals surface area (Å²) < 4.78 is 39.6. The van der Waals surface area contributed by atoms with E-state index >= 15 is 0 Å². The van der Waals surface area contributed by atoms with Gasteiger partial charge in [0.25, 0.3) is 0 Å². The Hall–Kier alpha value is -1.23. The largest absolute Gasteiger partial charge is 0.418 e. The Labute approximate surface area is 111 Å². The monoisotopic (exact) mass is 272 g/mol. The lowest BCUT2D eigenvalue weighted by Crippen LogP contribution is -2.28. The van der Waals surface area contributed by atoms with Crippen molar-refractivity contribution in [2.75, 3.05) is 18.0 Å². The fraction of sp³-hybridized carbons (Fsp3) is 0.571. The van der Waals surface area contributed by atoms with Gasteiger partial charge in [0, 0.05) is 18.3 Å². The van der Waals surface area contributed by atoms with Crippen molar-refractivity contribution in [1.82, 2.24) is 0 Å². The second-order valence-corrected chi connectivity index (χ2v) is 5.07. The third-order valence-electron chi connectivity index (χ3n) is 3.66. The minimum atomic E-state index is -4.32. The first kappa shape index (κ1) is 14.2. The number of halogens is 3. The van der Waals surface area contributed by atoms with E-state index in [1.54, 1.807) is 12.1 Å². The normalized spacial score (nSPS) is 20.1. The molecule has 0 aliphatic carbocycles. The highest BCUT2D eigenvalue weighted by molar-refractivity contribution is 5.57. The number of nitrogens with two attached hydrogens (primary N) is 1. The standard InChI is InChI=1S/C14H19F3N2/c1-10-3-2-8-19(10)13-5-4-11(6-7-18)9-12(13)14(15,16)17/h4-5,9-10H,2-3,6-8,18H2,1H3. The summed E-state index contributed by atoms with van der Waals surface area (Å²) in [4.78, 5) is 1.86. The lowest BCUT2D eigenvalue weighted by Gasteiger charge is -2.27. The zero-order valence-electron chi connectivity index (χ0n) is 11.0. The van der Waals surface area contributed by atoms with Crippen LogP contribution in [0.1, 0.15) is 30.9 Å².